The minimum absolute atomic E-state index is 0.117. The Hall–Kier alpha value is -4.28. The SMILES string of the molecule is COc1ccccc1[S@](=O)(=NC(=O)C(=O)N=[S@](=O)(c1ccc(C)cc1)c1ccccc1OC)c1ccc(C)cc1. The molecule has 206 valence electrons. The standard InChI is InChI=1S/C30H28N2O6S2/c1-21-13-17-23(18-14-21)39(35,27-11-7-5-9-25(27)37-3)31-29(33)30(34)32-40(36,24-19-15-22(2)16-20-24)28-12-8-6-10-26(28)38-4/h5-20H,1-4H3/t39-,40-/m0/s1. The Morgan fingerprint density at radius 2 is 0.875 bits per heavy atom. The summed E-state index contributed by atoms with van der Waals surface area (Å²) in [6.07, 6.45) is 0. The molecule has 0 spiro atoms. The smallest absolute Gasteiger partial charge is 0.346 e. The van der Waals surface area contributed by atoms with Crippen molar-refractivity contribution in [2.24, 2.45) is 8.73 Å². The van der Waals surface area contributed by atoms with Crippen LogP contribution in [-0.2, 0) is 29.0 Å². The van der Waals surface area contributed by atoms with Gasteiger partial charge in [0.1, 0.15) is 31.0 Å². The van der Waals surface area contributed by atoms with Gasteiger partial charge in [-0.15, -0.1) is 8.73 Å². The van der Waals surface area contributed by atoms with Crippen molar-refractivity contribution < 1.29 is 27.5 Å². The molecule has 0 aliphatic carbocycles. The van der Waals surface area contributed by atoms with Gasteiger partial charge in [0.05, 0.1) is 33.8 Å². The molecular weight excluding hydrogens is 548 g/mol. The van der Waals surface area contributed by atoms with Crippen LogP contribution in [0.25, 0.3) is 0 Å². The Kier molecular flexibility index (Phi) is 8.51. The lowest BCUT2D eigenvalue weighted by Gasteiger charge is -2.15. The van der Waals surface area contributed by atoms with Gasteiger partial charge in [-0.1, -0.05) is 59.7 Å². The molecule has 2 atom stereocenters. The number of methoxy groups -OCH3 is 2. The van der Waals surface area contributed by atoms with Crippen molar-refractivity contribution in [1.82, 2.24) is 0 Å². The Labute approximate surface area is 234 Å². The molecule has 0 N–H and O–H groups in total. The first-order valence-corrected chi connectivity index (χ1v) is 15.2. The second kappa shape index (κ2) is 11.8. The number of hydrogen-bond acceptors (Lipinski definition) is 6. The number of benzene rings is 4. The molecule has 0 bridgehead atoms. The highest BCUT2D eigenvalue weighted by molar-refractivity contribution is 7.94. The third-order valence-electron chi connectivity index (χ3n) is 6.02. The highest BCUT2D eigenvalue weighted by atomic mass is 32.2. The van der Waals surface area contributed by atoms with Crippen LogP contribution in [0.5, 0.6) is 11.5 Å². The van der Waals surface area contributed by atoms with E-state index in [0.29, 0.717) is 0 Å². The van der Waals surface area contributed by atoms with Gasteiger partial charge in [-0.05, 0) is 62.4 Å². The van der Waals surface area contributed by atoms with Gasteiger partial charge in [0, 0.05) is 0 Å². The highest BCUT2D eigenvalue weighted by Gasteiger charge is 2.28. The maximum atomic E-state index is 14.5. The molecule has 10 heteroatoms. The molecule has 8 nitrogen and oxygen atoms in total. The molecule has 40 heavy (non-hydrogen) atoms. The van der Waals surface area contributed by atoms with Crippen LogP contribution >= 0.6 is 0 Å². The second-order valence-corrected chi connectivity index (χ2v) is 13.1. The van der Waals surface area contributed by atoms with Gasteiger partial charge in [-0.3, -0.25) is 9.59 Å². The van der Waals surface area contributed by atoms with Crippen molar-refractivity contribution >= 4 is 31.3 Å². The summed E-state index contributed by atoms with van der Waals surface area (Å²) >= 11 is 0. The zero-order valence-corrected chi connectivity index (χ0v) is 24.0. The van der Waals surface area contributed by atoms with Gasteiger partial charge in [0.2, 0.25) is 0 Å². The van der Waals surface area contributed by atoms with E-state index in [1.54, 1.807) is 84.9 Å². The predicted octanol–water partition coefficient (Wildman–Crippen LogP) is 5.85. The van der Waals surface area contributed by atoms with Crippen LogP contribution in [0.2, 0.25) is 0 Å². The normalized spacial score (nSPS) is 13.8. The lowest BCUT2D eigenvalue weighted by molar-refractivity contribution is -0.134. The van der Waals surface area contributed by atoms with Gasteiger partial charge >= 0.3 is 11.8 Å². The molecule has 4 aromatic rings. The Balaban J connectivity index is 1.94. The minimum atomic E-state index is -3.70. The molecule has 0 aromatic heterocycles. The van der Waals surface area contributed by atoms with Crippen LogP contribution in [0.1, 0.15) is 11.1 Å². The maximum absolute atomic E-state index is 14.5. The third kappa shape index (κ3) is 5.68. The first-order valence-electron chi connectivity index (χ1n) is 12.1. The number of carbonyl (C=O) groups is 2. The predicted molar refractivity (Wildman–Crippen MR) is 153 cm³/mol. The Bertz CT molecular complexity index is 1680. The molecule has 0 fully saturated rings. The van der Waals surface area contributed by atoms with Crippen molar-refractivity contribution in [2.75, 3.05) is 14.2 Å². The van der Waals surface area contributed by atoms with Gasteiger partial charge < -0.3 is 9.47 Å². The van der Waals surface area contributed by atoms with Crippen molar-refractivity contribution in [1.29, 1.82) is 0 Å². The van der Waals surface area contributed by atoms with Crippen molar-refractivity contribution in [3.05, 3.63) is 108 Å². The van der Waals surface area contributed by atoms with E-state index in [9.17, 15) is 18.0 Å². The number of ether oxygens (including phenoxy) is 2. The summed E-state index contributed by atoms with van der Waals surface area (Å²) in [5, 5.41) is 0. The van der Waals surface area contributed by atoms with Crippen LogP contribution in [0.3, 0.4) is 0 Å². The first kappa shape index (κ1) is 28.7. The first-order chi connectivity index (χ1) is 19.1. The van der Waals surface area contributed by atoms with Crippen LogP contribution in [0, 0.1) is 13.8 Å². The molecule has 4 aromatic carbocycles. The van der Waals surface area contributed by atoms with E-state index in [1.165, 1.54) is 26.4 Å². The monoisotopic (exact) mass is 576 g/mol. The number of carbonyl (C=O) groups excluding carboxylic acids is 2. The summed E-state index contributed by atoms with van der Waals surface area (Å²) in [5.41, 5.74) is 1.80. The Morgan fingerprint density at radius 1 is 0.550 bits per heavy atom. The summed E-state index contributed by atoms with van der Waals surface area (Å²) in [5.74, 6) is -2.37. The van der Waals surface area contributed by atoms with Crippen LogP contribution in [-0.4, -0.2) is 34.5 Å². The largest absolute Gasteiger partial charge is 0.495 e. The van der Waals surface area contributed by atoms with Crippen molar-refractivity contribution in [2.45, 2.75) is 33.4 Å². The van der Waals surface area contributed by atoms with E-state index in [-0.39, 0.29) is 31.1 Å². The molecule has 0 aliphatic rings. The zero-order chi connectivity index (χ0) is 28.9. The summed E-state index contributed by atoms with van der Waals surface area (Å²) in [6, 6.07) is 26.0. The molecule has 0 aliphatic heterocycles. The van der Waals surface area contributed by atoms with Gasteiger partial charge in [-0.2, -0.15) is 0 Å². The van der Waals surface area contributed by atoms with Crippen LogP contribution in [0.4, 0.5) is 0 Å². The van der Waals surface area contributed by atoms with Crippen molar-refractivity contribution in [3.8, 4) is 11.5 Å². The molecule has 0 unspecified atom stereocenters. The fraction of sp³-hybridized carbons (Fsp3) is 0.133. The summed E-state index contributed by atoms with van der Waals surface area (Å²) < 4.78 is 47.6. The average molecular weight is 577 g/mol. The molecule has 0 saturated carbocycles. The maximum Gasteiger partial charge on any atom is 0.346 e. The summed E-state index contributed by atoms with van der Waals surface area (Å²) in [6.45, 7) is 3.72. The topological polar surface area (TPSA) is 111 Å². The van der Waals surface area contributed by atoms with E-state index in [2.05, 4.69) is 8.73 Å². The van der Waals surface area contributed by atoms with E-state index < -0.39 is 31.3 Å². The number of rotatable bonds is 6. The highest BCUT2D eigenvalue weighted by Crippen LogP contribution is 2.33. The van der Waals surface area contributed by atoms with Gasteiger partial charge in [0.25, 0.3) is 0 Å². The zero-order valence-electron chi connectivity index (χ0n) is 22.4. The van der Waals surface area contributed by atoms with E-state index in [0.717, 1.165) is 11.1 Å². The lowest BCUT2D eigenvalue weighted by Crippen LogP contribution is -2.16. The summed E-state index contributed by atoms with van der Waals surface area (Å²) in [7, 11) is -4.60. The number of aryl methyl sites for hydroxylation is 2. The van der Waals surface area contributed by atoms with E-state index in [4.69, 9.17) is 9.47 Å². The third-order valence-corrected chi connectivity index (χ3v) is 10.6. The number of hydrogen-bond donors (Lipinski definition) is 0. The van der Waals surface area contributed by atoms with Crippen LogP contribution in [0.15, 0.2) is 125 Å². The lowest BCUT2D eigenvalue weighted by atomic mass is 10.2. The molecule has 2 amide bonds. The molecule has 0 saturated heterocycles. The molecular formula is C30H28N2O6S2. The molecule has 0 heterocycles. The van der Waals surface area contributed by atoms with Crippen LogP contribution < -0.4 is 9.47 Å². The molecule has 4 rings (SSSR count). The molecule has 0 radical (unpaired) electrons. The van der Waals surface area contributed by atoms with E-state index >= 15 is 0 Å². The second-order valence-electron chi connectivity index (χ2n) is 8.77. The average Bonchev–Trinajstić information content (AvgIpc) is 2.97. The Morgan fingerprint density at radius 3 is 1.20 bits per heavy atom. The summed E-state index contributed by atoms with van der Waals surface area (Å²) in [4.78, 5) is 27.3. The number of para-hydroxylation sites is 2. The van der Waals surface area contributed by atoms with Gasteiger partial charge in [-0.25, -0.2) is 8.42 Å². The number of nitrogens with zero attached hydrogens (tertiary/aromatic N) is 2. The van der Waals surface area contributed by atoms with Crippen molar-refractivity contribution in [3.63, 3.8) is 0 Å². The van der Waals surface area contributed by atoms with E-state index in [1.807, 2.05) is 13.8 Å². The fourth-order valence-electron chi connectivity index (χ4n) is 3.91. The number of amides is 2. The minimum Gasteiger partial charge on any atom is -0.495 e. The van der Waals surface area contributed by atoms with Gasteiger partial charge in [0.15, 0.2) is 0 Å². The fourth-order valence-corrected chi connectivity index (χ4v) is 7.83. The quantitative estimate of drug-likeness (QED) is 0.266.